The van der Waals surface area contributed by atoms with Gasteiger partial charge in [0.15, 0.2) is 11.6 Å². The van der Waals surface area contributed by atoms with Gasteiger partial charge in [0.1, 0.15) is 12.4 Å². The van der Waals surface area contributed by atoms with Gasteiger partial charge in [-0.1, -0.05) is 12.8 Å². The molecule has 1 amide bonds. The molecule has 3 fully saturated rings. The Hall–Kier alpha value is -2.20. The molecule has 0 radical (unpaired) electrons. The van der Waals surface area contributed by atoms with E-state index in [1.807, 2.05) is 19.9 Å². The number of halogens is 1. The molecule has 35 heavy (non-hydrogen) atoms. The van der Waals surface area contributed by atoms with Gasteiger partial charge in [-0.05, 0) is 38.8 Å². The van der Waals surface area contributed by atoms with Gasteiger partial charge in [-0.3, -0.25) is 19.3 Å². The highest BCUT2D eigenvalue weighted by atomic mass is 35.5. The number of Topliss-reactive ketones (excluding diaryl/α,β-unsaturated/α-hetero) is 2. The molecule has 2 aromatic rings. The molecule has 2 saturated heterocycles. The summed E-state index contributed by atoms with van der Waals surface area (Å²) >= 11 is 7.84. The normalized spacial score (nSPS) is 28.8. The minimum absolute atomic E-state index is 0.00328. The van der Waals surface area contributed by atoms with Crippen molar-refractivity contribution in [2.24, 2.45) is 5.92 Å². The molecule has 0 aromatic carbocycles. The number of aryl methyl sites for hydroxylation is 2. The first-order valence-corrected chi connectivity index (χ1v) is 13.3. The lowest BCUT2D eigenvalue weighted by molar-refractivity contribution is -0.128. The zero-order chi connectivity index (χ0) is 24.7. The Labute approximate surface area is 213 Å². The summed E-state index contributed by atoms with van der Waals surface area (Å²) in [6, 6.07) is 3.24. The summed E-state index contributed by atoms with van der Waals surface area (Å²) in [5, 5.41) is 2.56. The predicted molar refractivity (Wildman–Crippen MR) is 133 cm³/mol. The Morgan fingerprint density at radius 2 is 2.06 bits per heavy atom. The van der Waals surface area contributed by atoms with Crippen LogP contribution in [0.2, 0.25) is 0 Å². The zero-order valence-electron chi connectivity index (χ0n) is 19.8. The zero-order valence-corrected chi connectivity index (χ0v) is 21.4. The van der Waals surface area contributed by atoms with Gasteiger partial charge in [-0.2, -0.15) is 0 Å². The number of thiophene rings is 1. The maximum atomic E-state index is 13.3. The summed E-state index contributed by atoms with van der Waals surface area (Å²) in [6.07, 6.45) is 5.05. The lowest BCUT2D eigenvalue weighted by Gasteiger charge is -2.39. The number of amides is 1. The summed E-state index contributed by atoms with van der Waals surface area (Å²) in [6.45, 7) is 4.37. The van der Waals surface area contributed by atoms with Gasteiger partial charge in [-0.15, -0.1) is 22.9 Å². The van der Waals surface area contributed by atoms with E-state index >= 15 is 0 Å². The smallest absolute Gasteiger partial charge is 0.261 e. The van der Waals surface area contributed by atoms with Crippen LogP contribution in [0.5, 0.6) is 0 Å². The molecule has 0 bridgehead atoms. The van der Waals surface area contributed by atoms with E-state index < -0.39 is 0 Å². The monoisotopic (exact) mass is 516 g/mol. The number of hydrogen-bond donors (Lipinski definition) is 1. The second-order valence-electron chi connectivity index (χ2n) is 9.59. The van der Waals surface area contributed by atoms with E-state index in [1.54, 1.807) is 12.3 Å². The molecular weight excluding hydrogens is 488 g/mol. The predicted octanol–water partition coefficient (Wildman–Crippen LogP) is 2.94. The number of rotatable bonds is 6. The van der Waals surface area contributed by atoms with Crippen molar-refractivity contribution < 1.29 is 19.1 Å². The average molecular weight is 517 g/mol. The van der Waals surface area contributed by atoms with Crippen molar-refractivity contribution >= 4 is 40.4 Å². The lowest BCUT2D eigenvalue weighted by atomic mass is 9.80. The molecule has 5 atom stereocenters. The Morgan fingerprint density at radius 1 is 1.26 bits per heavy atom. The maximum absolute atomic E-state index is 13.3. The van der Waals surface area contributed by atoms with E-state index in [0.29, 0.717) is 17.2 Å². The number of nitrogens with one attached hydrogen (secondary N) is 1. The highest BCUT2D eigenvalue weighted by Crippen LogP contribution is 2.38. The van der Waals surface area contributed by atoms with Crippen molar-refractivity contribution in [3.8, 4) is 10.4 Å². The van der Waals surface area contributed by atoms with Crippen LogP contribution >= 0.6 is 22.9 Å². The molecule has 2 aromatic heterocycles. The first-order valence-electron chi connectivity index (χ1n) is 12.1. The Kier molecular flexibility index (Phi) is 7.03. The summed E-state index contributed by atoms with van der Waals surface area (Å²) < 4.78 is 5.62. The number of nitrogens with zero attached hydrogens (tertiary/aromatic N) is 3. The second-order valence-corrected chi connectivity index (χ2v) is 11.2. The third-order valence-corrected chi connectivity index (χ3v) is 8.85. The molecule has 5 rings (SSSR count). The van der Waals surface area contributed by atoms with Gasteiger partial charge in [0.2, 0.25) is 0 Å². The van der Waals surface area contributed by atoms with E-state index in [2.05, 4.69) is 20.2 Å². The highest BCUT2D eigenvalue weighted by Gasteiger charge is 2.53. The van der Waals surface area contributed by atoms with E-state index in [4.69, 9.17) is 16.3 Å². The van der Waals surface area contributed by atoms with Crippen molar-refractivity contribution in [2.45, 2.75) is 63.1 Å². The number of alkyl halides is 1. The molecule has 2 aliphatic heterocycles. The van der Waals surface area contributed by atoms with Crippen molar-refractivity contribution in [3.63, 3.8) is 0 Å². The van der Waals surface area contributed by atoms with Crippen LogP contribution in [0.25, 0.3) is 10.4 Å². The first-order chi connectivity index (χ1) is 16.8. The van der Waals surface area contributed by atoms with Gasteiger partial charge in [0.05, 0.1) is 28.9 Å². The Bertz CT molecular complexity index is 1150. The Balaban J connectivity index is 1.23. The van der Waals surface area contributed by atoms with Crippen LogP contribution in [-0.2, 0) is 14.3 Å². The van der Waals surface area contributed by atoms with Gasteiger partial charge in [0.25, 0.3) is 5.91 Å². The quantitative estimate of drug-likeness (QED) is 0.589. The van der Waals surface area contributed by atoms with Gasteiger partial charge >= 0.3 is 0 Å². The van der Waals surface area contributed by atoms with Gasteiger partial charge in [0, 0.05) is 40.8 Å². The number of ether oxygens (including phenoxy) is 1. The molecular formula is C25H29ClN4O4S. The van der Waals surface area contributed by atoms with Crippen LogP contribution in [0.1, 0.15) is 46.9 Å². The van der Waals surface area contributed by atoms with Crippen molar-refractivity contribution in [3.05, 3.63) is 34.7 Å². The number of likely N-dealkylation sites (tertiary alicyclic amines) is 1. The molecule has 186 valence electrons. The van der Waals surface area contributed by atoms with Crippen LogP contribution in [-0.4, -0.2) is 75.6 Å². The second kappa shape index (κ2) is 10.0. The molecule has 1 aliphatic carbocycles. The third-order valence-electron chi connectivity index (χ3n) is 7.35. The number of aromatic nitrogens is 2. The number of carbonyl (C=O) groups excluding carboxylic acids is 3. The largest absolute Gasteiger partial charge is 0.367 e. The highest BCUT2D eigenvalue weighted by molar-refractivity contribution is 7.17. The molecule has 1 unspecified atom stereocenters. The fourth-order valence-corrected chi connectivity index (χ4v) is 7.03. The molecule has 8 nitrogen and oxygen atoms in total. The van der Waals surface area contributed by atoms with E-state index in [0.717, 1.165) is 41.8 Å². The number of ketones is 2. The molecule has 10 heteroatoms. The van der Waals surface area contributed by atoms with Crippen LogP contribution in [0, 0.1) is 19.8 Å². The fraction of sp³-hybridized carbons (Fsp3) is 0.560. The molecule has 0 spiro atoms. The standard InChI is InChI=1S/C25H29ClN4O4S/c1-13-16(9-27-14(2)29-13)21-7-8-22(35-21)25(33)28-10-19(31)15-5-3-4-6-18(15)30-11-17(26)24-23(30)20(32)12-34-24/h7-9,15,17-18,23-24H,3-6,10-12H2,1-2H3,(H,28,33)/t15-,17-,18?,23+,24+/m0/s1. The lowest BCUT2D eigenvalue weighted by Crippen LogP contribution is -2.52. The minimum atomic E-state index is -0.357. The van der Waals surface area contributed by atoms with Crippen molar-refractivity contribution in [1.29, 1.82) is 0 Å². The first kappa shape index (κ1) is 24.5. The van der Waals surface area contributed by atoms with Gasteiger partial charge in [-0.25, -0.2) is 9.97 Å². The maximum Gasteiger partial charge on any atom is 0.261 e. The Morgan fingerprint density at radius 3 is 2.86 bits per heavy atom. The van der Waals surface area contributed by atoms with Gasteiger partial charge < -0.3 is 10.1 Å². The third kappa shape index (κ3) is 4.79. The van der Waals surface area contributed by atoms with E-state index in [1.165, 1.54) is 11.3 Å². The number of fused-ring (bicyclic) bond motifs is 1. The van der Waals surface area contributed by atoms with E-state index in [-0.39, 0.29) is 60.1 Å². The number of carbonyl (C=O) groups is 3. The van der Waals surface area contributed by atoms with E-state index in [9.17, 15) is 14.4 Å². The summed E-state index contributed by atoms with van der Waals surface area (Å²) in [7, 11) is 0. The fourth-order valence-electron chi connectivity index (χ4n) is 5.67. The van der Waals surface area contributed by atoms with Crippen molar-refractivity contribution in [1.82, 2.24) is 20.2 Å². The molecule has 4 heterocycles. The van der Waals surface area contributed by atoms with Crippen molar-refractivity contribution in [2.75, 3.05) is 19.7 Å². The summed E-state index contributed by atoms with van der Waals surface area (Å²) in [5.41, 5.74) is 1.76. The van der Waals surface area contributed by atoms with Crippen LogP contribution in [0.15, 0.2) is 18.3 Å². The topological polar surface area (TPSA) is 101 Å². The molecule has 1 N–H and O–H groups in total. The summed E-state index contributed by atoms with van der Waals surface area (Å²) in [5.74, 6) is 0.256. The molecule has 3 aliphatic rings. The number of hydrogen-bond acceptors (Lipinski definition) is 8. The molecule has 1 saturated carbocycles. The SMILES string of the molecule is Cc1ncc(-c2ccc(C(=O)NCC(=O)[C@H]3CCCCC3N3C[C@H](Cl)[C@H]4OCC(=O)[C@H]43)s2)c(C)n1. The minimum Gasteiger partial charge on any atom is -0.367 e. The van der Waals surface area contributed by atoms with Crippen LogP contribution < -0.4 is 5.32 Å². The van der Waals surface area contributed by atoms with Crippen LogP contribution in [0.4, 0.5) is 0 Å². The summed E-state index contributed by atoms with van der Waals surface area (Å²) in [4.78, 5) is 50.8. The van der Waals surface area contributed by atoms with Crippen LogP contribution in [0.3, 0.4) is 0 Å². The average Bonchev–Trinajstić information content (AvgIpc) is 3.55.